The number of aliphatic hydroxyl groups is 1. The summed E-state index contributed by atoms with van der Waals surface area (Å²) in [5, 5.41) is 13.1. The Labute approximate surface area is 116 Å². The van der Waals surface area contributed by atoms with E-state index < -0.39 is 12.3 Å². The van der Waals surface area contributed by atoms with Crippen LogP contribution in [0, 0.1) is 0 Å². The van der Waals surface area contributed by atoms with Crippen molar-refractivity contribution in [1.82, 2.24) is 10.1 Å². The van der Waals surface area contributed by atoms with E-state index in [9.17, 15) is 4.39 Å². The highest BCUT2D eigenvalue weighted by molar-refractivity contribution is 5.58. The minimum atomic E-state index is -1.47. The average molecular weight is 276 g/mol. The number of nitrogens with zero attached hydrogens (tertiary/aromatic N) is 2. The maximum atomic E-state index is 13.9. The van der Waals surface area contributed by atoms with Crippen LogP contribution in [0.5, 0.6) is 0 Å². The molecule has 106 valence electrons. The Kier molecular flexibility index (Phi) is 3.54. The van der Waals surface area contributed by atoms with Gasteiger partial charge in [0.25, 0.3) is 0 Å². The molecule has 0 saturated carbocycles. The summed E-state index contributed by atoms with van der Waals surface area (Å²) in [4.78, 5) is 1.94. The van der Waals surface area contributed by atoms with Gasteiger partial charge in [0.05, 0.1) is 13.2 Å². The molecule has 1 aromatic heterocycles. The highest BCUT2D eigenvalue weighted by Crippen LogP contribution is 2.27. The number of hydrogen-bond acceptors (Lipinski definition) is 4. The van der Waals surface area contributed by atoms with Crippen molar-refractivity contribution in [2.45, 2.75) is 18.6 Å². The van der Waals surface area contributed by atoms with Crippen LogP contribution in [0.2, 0.25) is 0 Å². The van der Waals surface area contributed by atoms with Crippen LogP contribution in [-0.4, -0.2) is 40.5 Å². The van der Waals surface area contributed by atoms with Gasteiger partial charge in [-0.05, 0) is 6.42 Å². The van der Waals surface area contributed by atoms with E-state index in [1.165, 1.54) is 0 Å². The summed E-state index contributed by atoms with van der Waals surface area (Å²) in [5.41, 5.74) is 0.315. The fraction of sp³-hybridized carbons (Fsp3) is 0.400. The van der Waals surface area contributed by atoms with Crippen molar-refractivity contribution >= 4 is 0 Å². The Morgan fingerprint density at radius 1 is 1.35 bits per heavy atom. The summed E-state index contributed by atoms with van der Waals surface area (Å²) >= 11 is 0. The first kappa shape index (κ1) is 13.3. The van der Waals surface area contributed by atoms with E-state index in [4.69, 9.17) is 9.63 Å². The molecule has 2 aromatic rings. The number of aromatic nitrogens is 1. The molecule has 5 heteroatoms. The van der Waals surface area contributed by atoms with Crippen LogP contribution in [0.1, 0.15) is 12.2 Å². The zero-order valence-corrected chi connectivity index (χ0v) is 11.1. The number of rotatable bonds is 4. The Hall–Kier alpha value is -1.72. The van der Waals surface area contributed by atoms with E-state index in [0.717, 1.165) is 11.3 Å². The second-order valence-electron chi connectivity index (χ2n) is 5.31. The Morgan fingerprint density at radius 3 is 2.85 bits per heavy atom. The monoisotopic (exact) mass is 276 g/mol. The molecule has 4 nitrogen and oxygen atoms in total. The Bertz CT molecular complexity index is 572. The molecule has 1 N–H and O–H groups in total. The van der Waals surface area contributed by atoms with Crippen LogP contribution >= 0.6 is 0 Å². The molecule has 1 unspecified atom stereocenters. The van der Waals surface area contributed by atoms with Gasteiger partial charge in [-0.15, -0.1) is 0 Å². The summed E-state index contributed by atoms with van der Waals surface area (Å²) < 4.78 is 19.2. The van der Waals surface area contributed by atoms with Gasteiger partial charge in [0.2, 0.25) is 0 Å². The van der Waals surface area contributed by atoms with Gasteiger partial charge in [0, 0.05) is 24.7 Å². The Morgan fingerprint density at radius 2 is 2.15 bits per heavy atom. The predicted octanol–water partition coefficient (Wildman–Crippen LogP) is 2.25. The van der Waals surface area contributed by atoms with E-state index in [-0.39, 0.29) is 6.54 Å². The summed E-state index contributed by atoms with van der Waals surface area (Å²) in [6.45, 7) is 0.962. The van der Waals surface area contributed by atoms with Crippen LogP contribution in [0.25, 0.3) is 11.3 Å². The molecule has 1 aliphatic heterocycles. The number of benzene rings is 1. The van der Waals surface area contributed by atoms with Gasteiger partial charge in [0.15, 0.2) is 5.76 Å². The predicted molar refractivity (Wildman–Crippen MR) is 72.8 cm³/mol. The third-order valence-corrected chi connectivity index (χ3v) is 3.67. The van der Waals surface area contributed by atoms with E-state index in [1.807, 2.05) is 41.3 Å². The lowest BCUT2D eigenvalue weighted by Crippen LogP contribution is -2.32. The zero-order chi connectivity index (χ0) is 14.0. The lowest BCUT2D eigenvalue weighted by Gasteiger charge is -2.17. The molecule has 0 aliphatic carbocycles. The summed E-state index contributed by atoms with van der Waals surface area (Å²) in [7, 11) is 0. The van der Waals surface area contributed by atoms with Crippen molar-refractivity contribution in [3.05, 3.63) is 42.2 Å². The molecule has 0 amide bonds. The molecule has 0 spiro atoms. The van der Waals surface area contributed by atoms with E-state index in [1.54, 1.807) is 0 Å². The molecule has 2 heterocycles. The number of likely N-dealkylation sites (tertiary alicyclic amines) is 1. The van der Waals surface area contributed by atoms with E-state index in [2.05, 4.69) is 5.16 Å². The van der Waals surface area contributed by atoms with Gasteiger partial charge in [-0.1, -0.05) is 35.5 Å². The van der Waals surface area contributed by atoms with Crippen LogP contribution in [0.15, 0.2) is 40.9 Å². The third-order valence-electron chi connectivity index (χ3n) is 3.67. The van der Waals surface area contributed by atoms with Crippen LogP contribution in [-0.2, 0) is 6.54 Å². The van der Waals surface area contributed by atoms with Crippen LogP contribution < -0.4 is 0 Å². The Balaban J connectivity index is 1.67. The molecule has 1 saturated heterocycles. The maximum Gasteiger partial charge on any atom is 0.151 e. The van der Waals surface area contributed by atoms with Crippen LogP contribution in [0.4, 0.5) is 4.39 Å². The van der Waals surface area contributed by atoms with Gasteiger partial charge in [-0.3, -0.25) is 4.90 Å². The van der Waals surface area contributed by atoms with Crippen molar-refractivity contribution in [1.29, 1.82) is 0 Å². The van der Waals surface area contributed by atoms with Crippen molar-refractivity contribution in [3.8, 4) is 11.3 Å². The molecular weight excluding hydrogens is 259 g/mol. The van der Waals surface area contributed by atoms with Crippen LogP contribution in [0.3, 0.4) is 0 Å². The number of aliphatic hydroxyl groups excluding tert-OH is 1. The van der Waals surface area contributed by atoms with Gasteiger partial charge in [-0.2, -0.15) is 0 Å². The second kappa shape index (κ2) is 5.34. The zero-order valence-electron chi connectivity index (χ0n) is 11.1. The van der Waals surface area contributed by atoms with Gasteiger partial charge in [-0.25, -0.2) is 4.39 Å². The fourth-order valence-electron chi connectivity index (χ4n) is 2.53. The first-order valence-electron chi connectivity index (χ1n) is 6.72. The quantitative estimate of drug-likeness (QED) is 0.930. The first-order chi connectivity index (χ1) is 9.68. The molecule has 3 rings (SSSR count). The minimum Gasteiger partial charge on any atom is -0.393 e. The van der Waals surface area contributed by atoms with E-state index in [0.29, 0.717) is 25.3 Å². The number of alkyl halides is 1. The van der Waals surface area contributed by atoms with Crippen molar-refractivity contribution in [2.75, 3.05) is 19.7 Å². The fourth-order valence-corrected chi connectivity index (χ4v) is 2.53. The largest absolute Gasteiger partial charge is 0.393 e. The lowest BCUT2D eigenvalue weighted by atomic mass is 10.1. The SMILES string of the molecule is OCC1(F)CCN(Cc2cc(-c3ccccc3)no2)C1. The second-order valence-corrected chi connectivity index (χ2v) is 5.31. The highest BCUT2D eigenvalue weighted by atomic mass is 19.1. The molecule has 1 fully saturated rings. The van der Waals surface area contributed by atoms with Crippen molar-refractivity contribution in [2.24, 2.45) is 0 Å². The first-order valence-corrected chi connectivity index (χ1v) is 6.72. The highest BCUT2D eigenvalue weighted by Gasteiger charge is 2.37. The van der Waals surface area contributed by atoms with Gasteiger partial charge >= 0.3 is 0 Å². The van der Waals surface area contributed by atoms with Gasteiger partial charge < -0.3 is 9.63 Å². The molecule has 0 radical (unpaired) electrons. The smallest absolute Gasteiger partial charge is 0.151 e. The van der Waals surface area contributed by atoms with Crippen molar-refractivity contribution in [3.63, 3.8) is 0 Å². The molecule has 1 atom stereocenters. The molecule has 1 aliphatic rings. The molecule has 20 heavy (non-hydrogen) atoms. The lowest BCUT2D eigenvalue weighted by molar-refractivity contribution is 0.0758. The normalized spacial score (nSPS) is 23.3. The third kappa shape index (κ3) is 2.73. The van der Waals surface area contributed by atoms with Crippen molar-refractivity contribution < 1.29 is 14.0 Å². The molecular formula is C15H17FN2O2. The molecule has 0 bridgehead atoms. The topological polar surface area (TPSA) is 49.5 Å². The van der Waals surface area contributed by atoms with Gasteiger partial charge in [0.1, 0.15) is 11.4 Å². The maximum absolute atomic E-state index is 13.9. The average Bonchev–Trinajstić information content (AvgIpc) is 3.08. The summed E-state index contributed by atoms with van der Waals surface area (Å²) in [6, 6.07) is 11.7. The number of hydrogen-bond donors (Lipinski definition) is 1. The number of halogens is 1. The summed E-state index contributed by atoms with van der Waals surface area (Å²) in [5.74, 6) is 0.714. The van der Waals surface area contributed by atoms with E-state index >= 15 is 0 Å². The summed E-state index contributed by atoms with van der Waals surface area (Å²) in [6.07, 6.45) is 0.364. The molecule has 1 aromatic carbocycles. The standard InChI is InChI=1S/C15H17FN2O2/c16-15(11-19)6-7-18(10-15)9-13-8-14(17-20-13)12-4-2-1-3-5-12/h1-5,8,19H,6-7,9-11H2. The minimum absolute atomic E-state index is 0.241.